The number of benzene rings is 1. The van der Waals surface area contributed by atoms with Crippen LogP contribution in [0.3, 0.4) is 0 Å². The lowest BCUT2D eigenvalue weighted by atomic mass is 9.44. The zero-order valence-corrected chi connectivity index (χ0v) is 37.1. The van der Waals surface area contributed by atoms with Crippen LogP contribution in [0, 0.1) is 22.2 Å². The number of fused-ring (bicyclic) bond motifs is 5. The quantitative estimate of drug-likeness (QED) is 0.193. The van der Waals surface area contributed by atoms with Gasteiger partial charge in [0.25, 0.3) is 5.91 Å². The lowest BCUT2D eigenvalue weighted by molar-refractivity contribution is -0.345. The Morgan fingerprint density at radius 3 is 2.06 bits per heavy atom. The second-order valence-corrected chi connectivity index (χ2v) is 19.6. The summed E-state index contributed by atoms with van der Waals surface area (Å²) < 4.78 is 40.5. The van der Waals surface area contributed by atoms with Gasteiger partial charge in [0.05, 0.1) is 42.8 Å². The van der Waals surface area contributed by atoms with E-state index in [9.17, 15) is 44.1 Å². The van der Waals surface area contributed by atoms with Crippen molar-refractivity contribution in [3.63, 3.8) is 0 Å². The number of Topliss-reactive ketones (excluding diaryl/α,β-unsaturated/α-hetero) is 1. The van der Waals surface area contributed by atoms with Crippen LogP contribution in [0.25, 0.3) is 0 Å². The maximum Gasteiger partial charge on any atom is 0.508 e. The molecule has 2 saturated heterocycles. The Bertz CT molecular complexity index is 2110. The van der Waals surface area contributed by atoms with E-state index in [2.05, 4.69) is 0 Å². The first-order chi connectivity index (χ1) is 28.5. The van der Waals surface area contributed by atoms with Crippen LogP contribution >= 0.6 is 0 Å². The van der Waals surface area contributed by atoms with Gasteiger partial charge in [-0.1, -0.05) is 52.8 Å². The number of ether oxygens (including phenoxy) is 7. The van der Waals surface area contributed by atoms with Gasteiger partial charge in [0.1, 0.15) is 23.4 Å². The number of cyclic esters (lactones) is 1. The van der Waals surface area contributed by atoms with Crippen molar-refractivity contribution >= 4 is 41.8 Å². The molecule has 6 rings (SSSR count). The van der Waals surface area contributed by atoms with Crippen LogP contribution in [-0.4, -0.2) is 135 Å². The number of amides is 2. The van der Waals surface area contributed by atoms with Gasteiger partial charge < -0.3 is 48.5 Å². The minimum Gasteiger partial charge on any atom is -0.455 e. The molecule has 340 valence electrons. The number of aliphatic hydroxyl groups is 3. The van der Waals surface area contributed by atoms with E-state index in [1.165, 1.54) is 60.6 Å². The fourth-order valence-electron chi connectivity index (χ4n) is 10.5. The number of hydrogen-bond donors (Lipinski definition) is 3. The van der Waals surface area contributed by atoms with Crippen molar-refractivity contribution in [1.29, 1.82) is 0 Å². The first-order valence-electron chi connectivity index (χ1n) is 20.4. The predicted molar refractivity (Wildman–Crippen MR) is 212 cm³/mol. The van der Waals surface area contributed by atoms with Crippen LogP contribution < -0.4 is 0 Å². The third-order valence-corrected chi connectivity index (χ3v) is 14.0. The SMILES string of the molecule is COC(=O)O[C@@]12CO[C@@H]1CC(O)[C@@]1(C)C(=O)[C@H](OC(C)=O)C3=C(C)[C@@](C)(OC(=O)[C@H](O)[C@@H](N4C(=O)OC(C)(C)C4=O)C(C)(C)C)C[C@@](O)(C(OC(=O)c4ccccc4)C12)C3(C)C. The van der Waals surface area contributed by atoms with Crippen molar-refractivity contribution in [2.24, 2.45) is 22.2 Å². The summed E-state index contributed by atoms with van der Waals surface area (Å²) in [5, 5.41) is 37.8. The molecule has 2 heterocycles. The van der Waals surface area contributed by atoms with E-state index in [0.29, 0.717) is 4.90 Å². The Hall–Kier alpha value is -4.91. The van der Waals surface area contributed by atoms with Crippen LogP contribution in [-0.2, 0) is 52.3 Å². The highest BCUT2D eigenvalue weighted by atomic mass is 16.8. The number of aliphatic hydroxyl groups excluding tert-OH is 2. The monoisotopic (exact) mass is 871 g/mol. The van der Waals surface area contributed by atoms with Crippen molar-refractivity contribution in [3.8, 4) is 0 Å². The number of hydrogen-bond acceptors (Lipinski definition) is 17. The van der Waals surface area contributed by atoms with Gasteiger partial charge in [-0.2, -0.15) is 0 Å². The predicted octanol–water partition coefficient (Wildman–Crippen LogP) is 3.35. The van der Waals surface area contributed by atoms with Gasteiger partial charge in [0, 0.05) is 25.2 Å². The Morgan fingerprint density at radius 1 is 0.952 bits per heavy atom. The summed E-state index contributed by atoms with van der Waals surface area (Å²) in [7, 11) is 1.05. The fourth-order valence-corrected chi connectivity index (χ4v) is 10.5. The molecule has 2 saturated carbocycles. The summed E-state index contributed by atoms with van der Waals surface area (Å²) in [6, 6.07) is 6.15. The smallest absolute Gasteiger partial charge is 0.455 e. The van der Waals surface area contributed by atoms with Crippen LogP contribution in [0.2, 0.25) is 0 Å². The minimum atomic E-state index is -2.51. The molecule has 18 heteroatoms. The minimum absolute atomic E-state index is 0.0222. The summed E-state index contributed by atoms with van der Waals surface area (Å²) in [6.07, 6.45) is -12.1. The highest BCUT2D eigenvalue weighted by Crippen LogP contribution is 2.65. The van der Waals surface area contributed by atoms with Gasteiger partial charge >= 0.3 is 30.2 Å². The maximum atomic E-state index is 15.6. The Labute approximate surface area is 359 Å². The average Bonchev–Trinajstić information content (AvgIpc) is 3.36. The van der Waals surface area contributed by atoms with Gasteiger partial charge in [-0.05, 0) is 63.3 Å². The van der Waals surface area contributed by atoms with Crippen molar-refractivity contribution in [3.05, 3.63) is 47.0 Å². The molecule has 18 nitrogen and oxygen atoms in total. The first-order valence-corrected chi connectivity index (χ1v) is 20.4. The molecular weight excluding hydrogens is 814 g/mol. The Kier molecular flexibility index (Phi) is 11.4. The topological polar surface area (TPSA) is 248 Å². The molecule has 0 radical (unpaired) electrons. The third-order valence-electron chi connectivity index (χ3n) is 14.0. The summed E-state index contributed by atoms with van der Waals surface area (Å²) in [5.74, 6) is -6.71. The van der Waals surface area contributed by atoms with Crippen molar-refractivity contribution in [1.82, 2.24) is 4.90 Å². The normalized spacial score (nSPS) is 35.7. The number of carbonyl (C=O) groups excluding carboxylic acids is 7. The molecule has 3 N–H and O–H groups in total. The number of nitrogens with zero attached hydrogens (tertiary/aromatic N) is 1. The molecule has 4 fully saturated rings. The molecule has 3 unspecified atom stereocenters. The molecule has 2 amide bonds. The fraction of sp³-hybridized carbons (Fsp3) is 0.659. The summed E-state index contributed by atoms with van der Waals surface area (Å²) in [5.41, 5.74) is -13.2. The van der Waals surface area contributed by atoms with E-state index >= 15 is 4.79 Å². The van der Waals surface area contributed by atoms with Crippen LogP contribution in [0.1, 0.15) is 99.4 Å². The molecule has 62 heavy (non-hydrogen) atoms. The Morgan fingerprint density at radius 2 is 1.56 bits per heavy atom. The van der Waals surface area contributed by atoms with Gasteiger partial charge in [-0.25, -0.2) is 24.1 Å². The molecular formula is C44H57NO17. The van der Waals surface area contributed by atoms with E-state index in [-0.39, 0.29) is 23.1 Å². The number of imide groups is 1. The summed E-state index contributed by atoms with van der Waals surface area (Å²) >= 11 is 0. The Balaban J connectivity index is 1.60. The van der Waals surface area contributed by atoms with Crippen molar-refractivity contribution in [2.45, 2.75) is 148 Å². The van der Waals surface area contributed by atoms with Crippen LogP contribution in [0.15, 0.2) is 41.5 Å². The molecule has 11 atom stereocenters. The summed E-state index contributed by atoms with van der Waals surface area (Å²) in [4.78, 5) is 97.9. The lowest BCUT2D eigenvalue weighted by Crippen LogP contribution is -2.82. The number of ketones is 1. The second kappa shape index (κ2) is 15.1. The van der Waals surface area contributed by atoms with Gasteiger partial charge in [0.2, 0.25) is 0 Å². The second-order valence-electron chi connectivity index (χ2n) is 19.6. The molecule has 1 aromatic rings. The largest absolute Gasteiger partial charge is 0.508 e. The average molecular weight is 872 g/mol. The highest BCUT2D eigenvalue weighted by Gasteiger charge is 2.79. The van der Waals surface area contributed by atoms with E-state index in [0.717, 1.165) is 14.0 Å². The number of methoxy groups -OCH3 is 1. The molecule has 2 bridgehead atoms. The first kappa shape index (κ1) is 46.6. The molecule has 0 aromatic heterocycles. The number of rotatable bonds is 8. The van der Waals surface area contributed by atoms with Gasteiger partial charge in [-0.15, -0.1) is 0 Å². The molecule has 0 spiro atoms. The number of carbonyl (C=O) groups is 7. The third kappa shape index (κ3) is 6.88. The summed E-state index contributed by atoms with van der Waals surface area (Å²) in [6.45, 7) is 15.3. The highest BCUT2D eigenvalue weighted by molar-refractivity contribution is 6.03. The molecule has 5 aliphatic rings. The lowest BCUT2D eigenvalue weighted by Gasteiger charge is -2.67. The molecule has 3 aliphatic carbocycles. The van der Waals surface area contributed by atoms with Crippen molar-refractivity contribution < 1.29 is 82.0 Å². The molecule has 1 aromatic carbocycles. The van der Waals surface area contributed by atoms with Gasteiger partial charge in [0.15, 0.2) is 29.2 Å². The van der Waals surface area contributed by atoms with E-state index in [4.69, 9.17) is 33.2 Å². The van der Waals surface area contributed by atoms with Crippen molar-refractivity contribution in [2.75, 3.05) is 13.7 Å². The van der Waals surface area contributed by atoms with E-state index in [1.54, 1.807) is 39.0 Å². The van der Waals surface area contributed by atoms with Gasteiger partial charge in [-0.3, -0.25) is 14.4 Å². The van der Waals surface area contributed by atoms with Crippen LogP contribution in [0.5, 0.6) is 0 Å². The van der Waals surface area contributed by atoms with E-state index < -0.39 is 136 Å². The zero-order valence-electron chi connectivity index (χ0n) is 37.1. The van der Waals surface area contributed by atoms with E-state index in [1.807, 2.05) is 0 Å². The number of esters is 3. The maximum absolute atomic E-state index is 15.6. The standard InChI is InChI=1S/C44H57NO17/c1-21-26-28(58-22(2)46)31(49)42(11)24(47)18-25-43(20-57-25,62-37(54)56-12)29(42)32(59-33(50)23-16-14-13-15-17-23)44(55,39(26,6)7)19-41(21,10)60-34(51)27(48)30(38(3,4)5)45-35(52)40(8,9)61-36(45)53/h13-17,24-25,27-30,32,47-48,55H,18-20H2,1-12H3/t24?,25-,27-,28-,29?,30-,32?,41+,42-,43+,44-/m1/s1. The molecule has 2 aliphatic heterocycles. The van der Waals surface area contributed by atoms with Crippen LogP contribution in [0.4, 0.5) is 9.59 Å². The zero-order chi connectivity index (χ0) is 46.5.